The van der Waals surface area contributed by atoms with E-state index in [0.717, 1.165) is 5.01 Å². The van der Waals surface area contributed by atoms with Crippen molar-refractivity contribution in [3.05, 3.63) is 16.6 Å². The zero-order valence-corrected chi connectivity index (χ0v) is 10.4. The monoisotopic (exact) mass is 253 g/mol. The van der Waals surface area contributed by atoms with Crippen LogP contribution in [-0.2, 0) is 9.59 Å². The lowest BCUT2D eigenvalue weighted by Crippen LogP contribution is -2.45. The van der Waals surface area contributed by atoms with Crippen molar-refractivity contribution in [2.75, 3.05) is 6.54 Å². The second-order valence-electron chi connectivity index (χ2n) is 4.14. The Hall–Kier alpha value is -1.43. The molecule has 2 unspecified atom stereocenters. The normalized spacial score (nSPS) is 21.8. The Balaban J connectivity index is 2.12. The number of likely N-dealkylation sites (tertiary alicyclic amines) is 1. The van der Waals surface area contributed by atoms with Crippen molar-refractivity contribution in [2.45, 2.75) is 31.7 Å². The van der Waals surface area contributed by atoms with E-state index in [1.165, 1.54) is 0 Å². The zero-order chi connectivity index (χ0) is 12.4. The highest BCUT2D eigenvalue weighted by Crippen LogP contribution is 2.30. The minimum Gasteiger partial charge on any atom is -0.368 e. The van der Waals surface area contributed by atoms with E-state index in [-0.39, 0.29) is 11.8 Å². The molecule has 1 saturated heterocycles. The smallest absolute Gasteiger partial charge is 0.240 e. The zero-order valence-electron chi connectivity index (χ0n) is 9.63. The standard InChI is InChI=1S/C11H15N3O2S/c1-2-8(10(12)16)14-6-7(5-9(14)15)11-13-3-4-17-11/h3-4,7-8H,2,5-6H2,1H3,(H2,12,16). The van der Waals surface area contributed by atoms with Crippen LogP contribution in [0.1, 0.15) is 30.7 Å². The van der Waals surface area contributed by atoms with Crippen LogP contribution in [0.5, 0.6) is 0 Å². The van der Waals surface area contributed by atoms with Crippen molar-refractivity contribution in [1.29, 1.82) is 0 Å². The lowest BCUT2D eigenvalue weighted by atomic mass is 10.1. The van der Waals surface area contributed by atoms with Crippen LogP contribution in [0.4, 0.5) is 0 Å². The first kappa shape index (κ1) is 12.0. The fraction of sp³-hybridized carbons (Fsp3) is 0.545. The molecule has 5 nitrogen and oxygen atoms in total. The summed E-state index contributed by atoms with van der Waals surface area (Å²) in [7, 11) is 0. The summed E-state index contributed by atoms with van der Waals surface area (Å²) < 4.78 is 0. The van der Waals surface area contributed by atoms with E-state index in [9.17, 15) is 9.59 Å². The van der Waals surface area contributed by atoms with Crippen molar-refractivity contribution in [3.63, 3.8) is 0 Å². The molecule has 2 atom stereocenters. The number of carbonyl (C=O) groups is 2. The van der Waals surface area contributed by atoms with E-state index in [4.69, 9.17) is 5.73 Å². The van der Waals surface area contributed by atoms with Gasteiger partial charge in [0.05, 0.1) is 5.01 Å². The van der Waals surface area contributed by atoms with Gasteiger partial charge in [0, 0.05) is 30.5 Å². The van der Waals surface area contributed by atoms with Gasteiger partial charge in [-0.15, -0.1) is 11.3 Å². The largest absolute Gasteiger partial charge is 0.368 e. The third-order valence-corrected chi connectivity index (χ3v) is 3.99. The molecule has 2 rings (SSSR count). The van der Waals surface area contributed by atoms with E-state index in [1.54, 1.807) is 22.4 Å². The summed E-state index contributed by atoms with van der Waals surface area (Å²) in [6, 6.07) is -0.479. The van der Waals surface area contributed by atoms with Crippen molar-refractivity contribution >= 4 is 23.2 Å². The van der Waals surface area contributed by atoms with Gasteiger partial charge in [0.25, 0.3) is 0 Å². The molecule has 0 saturated carbocycles. The average molecular weight is 253 g/mol. The highest BCUT2D eigenvalue weighted by atomic mass is 32.1. The molecule has 0 spiro atoms. The van der Waals surface area contributed by atoms with Crippen LogP contribution in [0.25, 0.3) is 0 Å². The fourth-order valence-electron chi connectivity index (χ4n) is 2.21. The van der Waals surface area contributed by atoms with E-state index in [1.807, 2.05) is 12.3 Å². The molecule has 2 amide bonds. The summed E-state index contributed by atoms with van der Waals surface area (Å²) in [4.78, 5) is 29.0. The molecule has 0 aromatic carbocycles. The van der Waals surface area contributed by atoms with Crippen molar-refractivity contribution < 1.29 is 9.59 Å². The maximum atomic E-state index is 11.9. The molecule has 2 N–H and O–H groups in total. The van der Waals surface area contributed by atoms with Crippen molar-refractivity contribution in [3.8, 4) is 0 Å². The lowest BCUT2D eigenvalue weighted by Gasteiger charge is -2.24. The topological polar surface area (TPSA) is 76.3 Å². The molecule has 0 radical (unpaired) electrons. The van der Waals surface area contributed by atoms with Crippen LogP contribution in [0, 0.1) is 0 Å². The van der Waals surface area contributed by atoms with Gasteiger partial charge in [0.1, 0.15) is 6.04 Å². The number of rotatable bonds is 4. The predicted octanol–water partition coefficient (Wildman–Crippen LogP) is 0.723. The molecule has 92 valence electrons. The van der Waals surface area contributed by atoms with E-state index >= 15 is 0 Å². The molecule has 6 heteroatoms. The maximum Gasteiger partial charge on any atom is 0.240 e. The van der Waals surface area contributed by atoms with Crippen LogP contribution in [0.15, 0.2) is 11.6 Å². The second kappa shape index (κ2) is 4.83. The minimum absolute atomic E-state index is 0.00384. The Morgan fingerprint density at radius 3 is 3.06 bits per heavy atom. The van der Waals surface area contributed by atoms with Gasteiger partial charge in [-0.2, -0.15) is 0 Å². The van der Waals surface area contributed by atoms with Gasteiger partial charge in [-0.3, -0.25) is 9.59 Å². The quantitative estimate of drug-likeness (QED) is 0.859. The van der Waals surface area contributed by atoms with Gasteiger partial charge in [0.2, 0.25) is 11.8 Å². The molecule has 1 aromatic rings. The van der Waals surface area contributed by atoms with Gasteiger partial charge in [-0.05, 0) is 6.42 Å². The van der Waals surface area contributed by atoms with Crippen LogP contribution < -0.4 is 5.73 Å². The van der Waals surface area contributed by atoms with Gasteiger partial charge in [-0.25, -0.2) is 4.98 Å². The highest BCUT2D eigenvalue weighted by molar-refractivity contribution is 7.09. The Morgan fingerprint density at radius 2 is 2.53 bits per heavy atom. The number of nitrogens with two attached hydrogens (primary N) is 1. The predicted molar refractivity (Wildman–Crippen MR) is 64.5 cm³/mol. The van der Waals surface area contributed by atoms with E-state index < -0.39 is 11.9 Å². The Bertz CT molecular complexity index is 418. The number of hydrogen-bond donors (Lipinski definition) is 1. The Morgan fingerprint density at radius 1 is 1.76 bits per heavy atom. The minimum atomic E-state index is -0.479. The fourth-order valence-corrected chi connectivity index (χ4v) is 2.94. The first-order valence-corrected chi connectivity index (χ1v) is 6.49. The molecule has 1 aliphatic heterocycles. The van der Waals surface area contributed by atoms with Crippen LogP contribution in [0.3, 0.4) is 0 Å². The molecule has 1 aliphatic rings. The number of nitrogens with zero attached hydrogens (tertiary/aromatic N) is 2. The van der Waals surface area contributed by atoms with E-state index in [2.05, 4.69) is 4.98 Å². The number of primary amides is 1. The summed E-state index contributed by atoms with van der Waals surface area (Å²) in [5.74, 6) is -0.326. The summed E-state index contributed by atoms with van der Waals surface area (Å²) >= 11 is 1.55. The molecule has 2 heterocycles. The first-order chi connectivity index (χ1) is 8.13. The Kier molecular flexibility index (Phi) is 3.42. The molecule has 1 aromatic heterocycles. The molecule has 17 heavy (non-hydrogen) atoms. The van der Waals surface area contributed by atoms with Crippen LogP contribution >= 0.6 is 11.3 Å². The van der Waals surface area contributed by atoms with Crippen LogP contribution in [0.2, 0.25) is 0 Å². The van der Waals surface area contributed by atoms with E-state index in [0.29, 0.717) is 19.4 Å². The number of aromatic nitrogens is 1. The van der Waals surface area contributed by atoms with Gasteiger partial charge in [0.15, 0.2) is 0 Å². The SMILES string of the molecule is CCC(C(N)=O)N1CC(c2nccs2)CC1=O. The van der Waals surface area contributed by atoms with Crippen molar-refractivity contribution in [1.82, 2.24) is 9.88 Å². The molecular weight excluding hydrogens is 238 g/mol. The molecule has 0 aliphatic carbocycles. The first-order valence-electron chi connectivity index (χ1n) is 5.61. The Labute approximate surface area is 104 Å². The highest BCUT2D eigenvalue weighted by Gasteiger charge is 2.37. The number of carbonyl (C=O) groups excluding carboxylic acids is 2. The summed E-state index contributed by atoms with van der Waals surface area (Å²) in [6.45, 7) is 2.41. The molecule has 0 bridgehead atoms. The number of amides is 2. The van der Waals surface area contributed by atoms with Gasteiger partial charge >= 0.3 is 0 Å². The summed E-state index contributed by atoms with van der Waals surface area (Å²) in [5, 5.41) is 2.86. The summed E-state index contributed by atoms with van der Waals surface area (Å²) in [6.07, 6.45) is 2.72. The maximum absolute atomic E-state index is 11.9. The molecule has 1 fully saturated rings. The van der Waals surface area contributed by atoms with Crippen LogP contribution in [-0.4, -0.2) is 34.3 Å². The van der Waals surface area contributed by atoms with Crippen molar-refractivity contribution in [2.24, 2.45) is 5.73 Å². The summed E-state index contributed by atoms with van der Waals surface area (Å²) in [5.41, 5.74) is 5.31. The average Bonchev–Trinajstić information content (AvgIpc) is 2.89. The lowest BCUT2D eigenvalue weighted by molar-refractivity contribution is -0.136. The van der Waals surface area contributed by atoms with Gasteiger partial charge in [-0.1, -0.05) is 6.92 Å². The second-order valence-corrected chi connectivity index (χ2v) is 5.07. The third kappa shape index (κ3) is 2.31. The number of thiazole rings is 1. The molecular formula is C11H15N3O2S. The number of hydrogen-bond acceptors (Lipinski definition) is 4. The third-order valence-electron chi connectivity index (χ3n) is 3.05. The van der Waals surface area contributed by atoms with Gasteiger partial charge < -0.3 is 10.6 Å².